The lowest BCUT2D eigenvalue weighted by molar-refractivity contribution is -0.111. The van der Waals surface area contributed by atoms with E-state index in [1.54, 1.807) is 66.7 Å². The van der Waals surface area contributed by atoms with Gasteiger partial charge in [0.05, 0.1) is 11.4 Å². The number of nitrogens with two attached hydrogens (primary N) is 1. The number of aromatic hydroxyl groups is 1. The Morgan fingerprint density at radius 1 is 1.05 bits per heavy atom. The summed E-state index contributed by atoms with van der Waals surface area (Å²) in [5.41, 5.74) is 7.68. The highest BCUT2D eigenvalue weighted by molar-refractivity contribution is 9.10. The van der Waals surface area contributed by atoms with E-state index >= 15 is 0 Å². The van der Waals surface area contributed by atoms with Crippen LogP contribution in [-0.4, -0.2) is 22.9 Å². The molecule has 9 heteroatoms. The average Bonchev–Trinajstić information content (AvgIpc) is 2.88. The highest BCUT2D eigenvalue weighted by Gasteiger charge is 2.35. The minimum Gasteiger partial charge on any atom is -0.508 e. The molecular formula is C30H32BrN3O5. The SMILES string of the molecule is CC(=O)c1ccc(NC(=O)O[C@@H](c2cc(Br)ccc2O)C(C)(C)CC/C=C/C(=O)Nc2ccccc2N)cc1. The summed E-state index contributed by atoms with van der Waals surface area (Å²) in [4.78, 5) is 36.7. The third-order valence-corrected chi connectivity index (χ3v) is 6.68. The van der Waals surface area contributed by atoms with Gasteiger partial charge in [0.15, 0.2) is 5.78 Å². The number of allylic oxidation sites excluding steroid dienone is 1. The lowest BCUT2D eigenvalue weighted by Crippen LogP contribution is -2.29. The zero-order valence-electron chi connectivity index (χ0n) is 22.0. The first kappa shape index (κ1) is 29.4. The quantitative estimate of drug-likeness (QED) is 0.111. The van der Waals surface area contributed by atoms with E-state index in [1.807, 2.05) is 13.8 Å². The molecule has 204 valence electrons. The van der Waals surface area contributed by atoms with Crippen molar-refractivity contribution in [2.45, 2.75) is 39.7 Å². The van der Waals surface area contributed by atoms with E-state index in [-0.39, 0.29) is 17.4 Å². The van der Waals surface area contributed by atoms with Gasteiger partial charge >= 0.3 is 6.09 Å². The third kappa shape index (κ3) is 8.44. The smallest absolute Gasteiger partial charge is 0.412 e. The molecule has 0 aliphatic rings. The van der Waals surface area contributed by atoms with Crippen LogP contribution in [0.5, 0.6) is 5.75 Å². The second-order valence-electron chi connectivity index (χ2n) is 9.75. The van der Waals surface area contributed by atoms with Gasteiger partial charge in [-0.25, -0.2) is 4.79 Å². The molecule has 5 N–H and O–H groups in total. The molecule has 0 spiro atoms. The van der Waals surface area contributed by atoms with Gasteiger partial charge in [0.1, 0.15) is 11.9 Å². The monoisotopic (exact) mass is 593 g/mol. The third-order valence-electron chi connectivity index (χ3n) is 6.19. The van der Waals surface area contributed by atoms with Crippen LogP contribution in [0.2, 0.25) is 0 Å². The van der Waals surface area contributed by atoms with Crippen molar-refractivity contribution in [2.75, 3.05) is 16.4 Å². The van der Waals surface area contributed by atoms with Gasteiger partial charge in [-0.3, -0.25) is 14.9 Å². The highest BCUT2D eigenvalue weighted by atomic mass is 79.9. The maximum atomic E-state index is 12.9. The number of carbonyl (C=O) groups is 3. The first-order valence-electron chi connectivity index (χ1n) is 12.4. The lowest BCUT2D eigenvalue weighted by Gasteiger charge is -2.34. The number of hydrogen-bond donors (Lipinski definition) is 4. The van der Waals surface area contributed by atoms with E-state index in [1.165, 1.54) is 19.1 Å². The number of phenols is 1. The summed E-state index contributed by atoms with van der Waals surface area (Å²) in [6.07, 6.45) is 2.68. The lowest BCUT2D eigenvalue weighted by atomic mass is 9.78. The largest absolute Gasteiger partial charge is 0.508 e. The fourth-order valence-electron chi connectivity index (χ4n) is 3.98. The predicted octanol–water partition coefficient (Wildman–Crippen LogP) is 7.23. The number of nitrogens with one attached hydrogen (secondary N) is 2. The minimum absolute atomic E-state index is 0.00902. The molecule has 0 saturated heterocycles. The molecule has 3 aromatic carbocycles. The van der Waals surface area contributed by atoms with Gasteiger partial charge in [-0.05, 0) is 80.4 Å². The molecule has 0 unspecified atom stereocenters. The topological polar surface area (TPSA) is 131 Å². The van der Waals surface area contributed by atoms with E-state index in [9.17, 15) is 19.5 Å². The maximum Gasteiger partial charge on any atom is 0.412 e. The molecule has 3 aromatic rings. The number of rotatable bonds is 10. The van der Waals surface area contributed by atoms with Gasteiger partial charge in [0.25, 0.3) is 0 Å². The zero-order chi connectivity index (χ0) is 28.6. The van der Waals surface area contributed by atoms with Crippen LogP contribution in [0.15, 0.2) is 83.4 Å². The average molecular weight is 595 g/mol. The van der Waals surface area contributed by atoms with Crippen LogP contribution < -0.4 is 16.4 Å². The standard InChI is InChI=1S/C30H32BrN3O5/c1-19(35)20-11-14-22(15-12-20)33-29(38)39-28(23-18-21(31)13-16-26(23)36)30(2,3)17-7-6-10-27(37)34-25-9-5-4-8-24(25)32/h4-6,8-16,18,28,36H,7,17,32H2,1-3H3,(H,33,38)(H,34,37)/b10-6+/t28-/m0/s1. The van der Waals surface area contributed by atoms with Gasteiger partial charge < -0.3 is 20.9 Å². The number of phenolic OH excluding ortho intramolecular Hbond substituents is 1. The molecule has 0 saturated carbocycles. The van der Waals surface area contributed by atoms with Crippen LogP contribution in [0, 0.1) is 5.41 Å². The van der Waals surface area contributed by atoms with Gasteiger partial charge in [-0.2, -0.15) is 0 Å². The molecule has 8 nitrogen and oxygen atoms in total. The molecule has 0 aromatic heterocycles. The Hall–Kier alpha value is -4.11. The number of halogens is 1. The van der Waals surface area contributed by atoms with Gasteiger partial charge in [0.2, 0.25) is 5.91 Å². The first-order chi connectivity index (χ1) is 18.5. The Kier molecular flexibility index (Phi) is 9.89. The summed E-state index contributed by atoms with van der Waals surface area (Å²) < 4.78 is 6.59. The van der Waals surface area contributed by atoms with Crippen LogP contribution in [0.1, 0.15) is 55.6 Å². The number of Topliss-reactive ketones (excluding diaryl/α,β-unsaturated/α-hetero) is 1. The molecule has 3 rings (SSSR count). The number of ketones is 1. The number of ether oxygens (including phenoxy) is 1. The molecule has 0 heterocycles. The van der Waals surface area contributed by atoms with Crippen molar-refractivity contribution < 1.29 is 24.2 Å². The number of nitrogen functional groups attached to an aromatic ring is 1. The summed E-state index contributed by atoms with van der Waals surface area (Å²) in [5, 5.41) is 16.0. The van der Waals surface area contributed by atoms with Crippen molar-refractivity contribution >= 4 is 50.8 Å². The Bertz CT molecular complexity index is 1370. The van der Waals surface area contributed by atoms with Crippen LogP contribution in [0.4, 0.5) is 21.9 Å². The van der Waals surface area contributed by atoms with Crippen LogP contribution in [0.3, 0.4) is 0 Å². The molecule has 39 heavy (non-hydrogen) atoms. The number of benzene rings is 3. The molecule has 0 aliphatic carbocycles. The number of hydrogen-bond acceptors (Lipinski definition) is 6. The minimum atomic E-state index is -0.821. The van der Waals surface area contributed by atoms with E-state index in [0.29, 0.717) is 41.0 Å². The van der Waals surface area contributed by atoms with Gasteiger partial charge in [0, 0.05) is 26.7 Å². The number of amides is 2. The molecule has 1 atom stereocenters. The Balaban J connectivity index is 1.72. The maximum absolute atomic E-state index is 12.9. The molecule has 2 amide bonds. The molecule has 0 aliphatic heterocycles. The summed E-state index contributed by atoms with van der Waals surface area (Å²) >= 11 is 3.42. The number of anilines is 3. The van der Waals surface area contributed by atoms with E-state index < -0.39 is 17.6 Å². The van der Waals surface area contributed by atoms with Crippen molar-refractivity contribution in [1.82, 2.24) is 0 Å². The van der Waals surface area contributed by atoms with Crippen LogP contribution in [-0.2, 0) is 9.53 Å². The van der Waals surface area contributed by atoms with Crippen molar-refractivity contribution in [3.8, 4) is 5.75 Å². The fourth-order valence-corrected chi connectivity index (χ4v) is 4.36. The van der Waals surface area contributed by atoms with Crippen molar-refractivity contribution in [1.29, 1.82) is 0 Å². The van der Waals surface area contributed by atoms with Crippen LogP contribution in [0.25, 0.3) is 0 Å². The second-order valence-corrected chi connectivity index (χ2v) is 10.7. The number of carbonyl (C=O) groups excluding carboxylic acids is 3. The zero-order valence-corrected chi connectivity index (χ0v) is 23.6. The summed E-state index contributed by atoms with van der Waals surface area (Å²) in [6, 6.07) is 18.4. The first-order valence-corrected chi connectivity index (χ1v) is 13.1. The van der Waals surface area contributed by atoms with E-state index in [0.717, 1.165) is 4.47 Å². The van der Waals surface area contributed by atoms with Crippen molar-refractivity contribution in [3.05, 3.63) is 94.5 Å². The Labute approximate surface area is 236 Å². The molecule has 0 radical (unpaired) electrons. The molecule has 0 fully saturated rings. The Morgan fingerprint density at radius 3 is 2.41 bits per heavy atom. The van der Waals surface area contributed by atoms with Gasteiger partial charge in [-0.1, -0.05) is 48.0 Å². The van der Waals surface area contributed by atoms with E-state index in [4.69, 9.17) is 10.5 Å². The molecule has 0 bridgehead atoms. The fraction of sp³-hybridized carbons (Fsp3) is 0.233. The van der Waals surface area contributed by atoms with E-state index in [2.05, 4.69) is 26.6 Å². The highest BCUT2D eigenvalue weighted by Crippen LogP contribution is 2.44. The van der Waals surface area contributed by atoms with Crippen molar-refractivity contribution in [3.63, 3.8) is 0 Å². The number of para-hydroxylation sites is 2. The molecular weight excluding hydrogens is 562 g/mol. The van der Waals surface area contributed by atoms with Crippen LogP contribution >= 0.6 is 15.9 Å². The predicted molar refractivity (Wildman–Crippen MR) is 157 cm³/mol. The van der Waals surface area contributed by atoms with Crippen molar-refractivity contribution in [2.24, 2.45) is 5.41 Å². The summed E-state index contributed by atoms with van der Waals surface area (Å²) in [7, 11) is 0. The normalized spacial score (nSPS) is 12.1. The summed E-state index contributed by atoms with van der Waals surface area (Å²) in [5.74, 6) is -0.393. The second kappa shape index (κ2) is 13.1. The Morgan fingerprint density at radius 2 is 1.74 bits per heavy atom. The van der Waals surface area contributed by atoms with Gasteiger partial charge in [-0.15, -0.1) is 0 Å². The summed E-state index contributed by atoms with van der Waals surface area (Å²) in [6.45, 7) is 5.31.